The third-order valence-electron chi connectivity index (χ3n) is 8.39. The summed E-state index contributed by atoms with van der Waals surface area (Å²) in [5.74, 6) is -0.515. The van der Waals surface area contributed by atoms with Crippen molar-refractivity contribution in [3.8, 4) is 6.07 Å². The van der Waals surface area contributed by atoms with E-state index in [1.165, 1.54) is 18.2 Å². The molecule has 1 aliphatic heterocycles. The van der Waals surface area contributed by atoms with E-state index in [1.54, 1.807) is 0 Å². The molecule has 1 heterocycles. The minimum Gasteiger partial charge on any atom is -0.469 e. The monoisotopic (exact) mass is 395 g/mol. The quantitative estimate of drug-likeness (QED) is 0.712. The van der Waals surface area contributed by atoms with Crippen LogP contribution in [0.15, 0.2) is 24.3 Å². The zero-order valence-electron chi connectivity index (χ0n) is 17.2. The molecule has 1 aromatic rings. The molecule has 2 saturated carbocycles. The van der Waals surface area contributed by atoms with Gasteiger partial charge in [-0.3, -0.25) is 4.79 Å². The van der Waals surface area contributed by atoms with Gasteiger partial charge in [-0.15, -0.1) is 0 Å². The van der Waals surface area contributed by atoms with E-state index in [0.29, 0.717) is 25.6 Å². The molecule has 1 saturated heterocycles. The number of nitrogens with zero attached hydrogens (tertiary/aromatic N) is 1. The molecule has 0 bridgehead atoms. The molecule has 0 aromatic heterocycles. The van der Waals surface area contributed by atoms with E-state index in [1.807, 2.05) is 6.92 Å². The van der Waals surface area contributed by atoms with Crippen LogP contribution in [0.3, 0.4) is 0 Å². The number of ether oxygens (including phenoxy) is 3. The normalized spacial score (nSPS) is 39.7. The fourth-order valence-corrected chi connectivity index (χ4v) is 7.34. The Morgan fingerprint density at radius 3 is 2.69 bits per heavy atom. The maximum absolute atomic E-state index is 13.0. The smallest absolute Gasteiger partial charge is 0.309 e. The molecule has 6 atom stereocenters. The standard InChI is InChI=1S/C24H29NO4/c1-23(28-11-12-29-23)20-10-9-19-17-8-7-15-5-3-4-6-16(15)21(17)18(22(26)27-2)13-24(19,20)14-25/h3-6,17-21H,7-13H2,1-2H3/t17-,18-,19-,20-,21+,24-/m0/s1. The fraction of sp³-hybridized carbons (Fsp3) is 0.667. The second kappa shape index (κ2) is 6.82. The van der Waals surface area contributed by atoms with Gasteiger partial charge >= 0.3 is 5.97 Å². The molecule has 5 heteroatoms. The Balaban J connectivity index is 1.61. The number of fused-ring (bicyclic) bond motifs is 5. The Hall–Kier alpha value is -1.90. The fourth-order valence-electron chi connectivity index (χ4n) is 7.34. The highest BCUT2D eigenvalue weighted by Crippen LogP contribution is 2.67. The van der Waals surface area contributed by atoms with Crippen molar-refractivity contribution < 1.29 is 19.0 Å². The first-order chi connectivity index (χ1) is 14.0. The summed E-state index contributed by atoms with van der Waals surface area (Å²) in [6, 6.07) is 11.2. The van der Waals surface area contributed by atoms with E-state index in [0.717, 1.165) is 25.7 Å². The minimum atomic E-state index is -0.732. The molecule has 1 aromatic carbocycles. The molecule has 0 N–H and O–H groups in total. The zero-order chi connectivity index (χ0) is 20.2. The third-order valence-corrected chi connectivity index (χ3v) is 8.39. The first-order valence-electron chi connectivity index (χ1n) is 10.9. The van der Waals surface area contributed by atoms with Crippen molar-refractivity contribution in [3.05, 3.63) is 35.4 Å². The lowest BCUT2D eigenvalue weighted by Crippen LogP contribution is -2.53. The number of benzene rings is 1. The van der Waals surface area contributed by atoms with E-state index in [-0.39, 0.29) is 29.6 Å². The van der Waals surface area contributed by atoms with E-state index in [4.69, 9.17) is 14.2 Å². The lowest BCUT2D eigenvalue weighted by molar-refractivity contribution is -0.208. The molecule has 0 radical (unpaired) electrons. The molecule has 0 amide bonds. The lowest BCUT2D eigenvalue weighted by Gasteiger charge is -2.53. The number of esters is 1. The molecule has 5 rings (SSSR count). The number of carbonyl (C=O) groups excluding carboxylic acids is 1. The van der Waals surface area contributed by atoms with Crippen LogP contribution in [0.2, 0.25) is 0 Å². The molecule has 3 fully saturated rings. The SMILES string of the molecule is COC(=O)[C@H]1C[C@]2(C#N)[C@@H](CC[C@H]2C2(C)OCCO2)[C@@H]2CCc3ccccc3[C@H]21. The summed E-state index contributed by atoms with van der Waals surface area (Å²) in [5, 5.41) is 10.5. The van der Waals surface area contributed by atoms with Crippen LogP contribution in [-0.4, -0.2) is 32.1 Å². The van der Waals surface area contributed by atoms with Gasteiger partial charge in [0.25, 0.3) is 0 Å². The van der Waals surface area contributed by atoms with E-state index in [9.17, 15) is 10.1 Å². The van der Waals surface area contributed by atoms with Gasteiger partial charge in [0.05, 0.1) is 37.7 Å². The minimum absolute atomic E-state index is 0.0159. The summed E-state index contributed by atoms with van der Waals surface area (Å²) in [5.41, 5.74) is 2.02. The van der Waals surface area contributed by atoms with Gasteiger partial charge in [0.2, 0.25) is 0 Å². The third kappa shape index (κ3) is 2.62. The van der Waals surface area contributed by atoms with Gasteiger partial charge in [-0.1, -0.05) is 24.3 Å². The van der Waals surface area contributed by atoms with Gasteiger partial charge in [-0.2, -0.15) is 5.26 Å². The van der Waals surface area contributed by atoms with Crippen LogP contribution in [0.25, 0.3) is 0 Å². The highest BCUT2D eigenvalue weighted by molar-refractivity contribution is 5.74. The Morgan fingerprint density at radius 1 is 1.21 bits per heavy atom. The second-order valence-corrected chi connectivity index (χ2v) is 9.36. The van der Waals surface area contributed by atoms with Gasteiger partial charge in [0.15, 0.2) is 5.79 Å². The van der Waals surface area contributed by atoms with Crippen molar-refractivity contribution in [1.82, 2.24) is 0 Å². The molecule has 0 unspecified atom stereocenters. The summed E-state index contributed by atoms with van der Waals surface area (Å²) in [7, 11) is 1.47. The van der Waals surface area contributed by atoms with Crippen LogP contribution in [0, 0.1) is 40.4 Å². The second-order valence-electron chi connectivity index (χ2n) is 9.36. The highest BCUT2D eigenvalue weighted by atomic mass is 16.7. The Labute approximate surface area is 172 Å². The van der Waals surface area contributed by atoms with Crippen molar-refractivity contribution >= 4 is 5.97 Å². The van der Waals surface area contributed by atoms with Crippen molar-refractivity contribution in [1.29, 1.82) is 5.26 Å². The number of aryl methyl sites for hydroxylation is 1. The molecule has 5 nitrogen and oxygen atoms in total. The first-order valence-corrected chi connectivity index (χ1v) is 10.9. The Bertz CT molecular complexity index is 855. The van der Waals surface area contributed by atoms with Crippen LogP contribution in [-0.2, 0) is 25.4 Å². The van der Waals surface area contributed by atoms with Gasteiger partial charge in [-0.05, 0) is 62.0 Å². The predicted molar refractivity (Wildman–Crippen MR) is 106 cm³/mol. The number of hydrogen-bond acceptors (Lipinski definition) is 5. The number of hydrogen-bond donors (Lipinski definition) is 0. The van der Waals surface area contributed by atoms with Crippen LogP contribution < -0.4 is 0 Å². The Morgan fingerprint density at radius 2 is 1.97 bits per heavy atom. The van der Waals surface area contributed by atoms with Crippen molar-refractivity contribution in [2.24, 2.45) is 29.1 Å². The van der Waals surface area contributed by atoms with Crippen molar-refractivity contribution in [2.45, 2.75) is 50.7 Å². The molecule has 0 spiro atoms. The maximum Gasteiger partial charge on any atom is 0.309 e. The van der Waals surface area contributed by atoms with Gasteiger partial charge < -0.3 is 14.2 Å². The van der Waals surface area contributed by atoms with E-state index in [2.05, 4.69) is 30.3 Å². The average molecular weight is 395 g/mol. The van der Waals surface area contributed by atoms with E-state index >= 15 is 0 Å². The van der Waals surface area contributed by atoms with Crippen LogP contribution in [0.4, 0.5) is 0 Å². The first kappa shape index (κ1) is 19.1. The van der Waals surface area contributed by atoms with Gasteiger partial charge in [0, 0.05) is 11.8 Å². The Kier molecular flexibility index (Phi) is 4.49. The number of rotatable bonds is 2. The molecular formula is C24H29NO4. The van der Waals surface area contributed by atoms with Crippen molar-refractivity contribution in [2.75, 3.05) is 20.3 Å². The topological polar surface area (TPSA) is 68.6 Å². The summed E-state index contributed by atoms with van der Waals surface area (Å²) in [6.45, 7) is 3.12. The van der Waals surface area contributed by atoms with Crippen molar-refractivity contribution in [3.63, 3.8) is 0 Å². The predicted octanol–water partition coefficient (Wildman–Crippen LogP) is 3.82. The van der Waals surface area contributed by atoms with Gasteiger partial charge in [0.1, 0.15) is 0 Å². The molecule has 154 valence electrons. The zero-order valence-corrected chi connectivity index (χ0v) is 17.2. The van der Waals surface area contributed by atoms with Crippen LogP contribution in [0.1, 0.15) is 49.7 Å². The highest BCUT2D eigenvalue weighted by Gasteiger charge is 2.66. The average Bonchev–Trinajstić information content (AvgIpc) is 3.37. The molecule has 29 heavy (non-hydrogen) atoms. The summed E-state index contributed by atoms with van der Waals surface area (Å²) < 4.78 is 17.3. The maximum atomic E-state index is 13.0. The van der Waals surface area contributed by atoms with Gasteiger partial charge in [-0.25, -0.2) is 0 Å². The van der Waals surface area contributed by atoms with Crippen LogP contribution >= 0.6 is 0 Å². The summed E-state index contributed by atoms with van der Waals surface area (Å²) in [4.78, 5) is 13.0. The number of nitriles is 1. The number of methoxy groups -OCH3 is 1. The summed E-state index contributed by atoms with van der Waals surface area (Å²) >= 11 is 0. The summed E-state index contributed by atoms with van der Waals surface area (Å²) in [6.07, 6.45) is 4.47. The molecular weight excluding hydrogens is 366 g/mol. The van der Waals surface area contributed by atoms with E-state index < -0.39 is 11.2 Å². The molecule has 3 aliphatic carbocycles. The van der Waals surface area contributed by atoms with Crippen LogP contribution in [0.5, 0.6) is 0 Å². The largest absolute Gasteiger partial charge is 0.469 e. The number of carbonyl (C=O) groups is 1. The lowest BCUT2D eigenvalue weighted by atomic mass is 9.50. The molecule has 4 aliphatic rings.